The van der Waals surface area contributed by atoms with Gasteiger partial charge in [-0.1, -0.05) is 0 Å². The van der Waals surface area contributed by atoms with Crippen LogP contribution in [0, 0.1) is 5.82 Å². The lowest BCUT2D eigenvalue weighted by atomic mass is 10.1. The molecule has 1 fully saturated rings. The van der Waals surface area contributed by atoms with Crippen LogP contribution in [0.3, 0.4) is 0 Å². The number of nitrogens with two attached hydrogens (primary N) is 1. The molecule has 0 aliphatic carbocycles. The van der Waals surface area contributed by atoms with Gasteiger partial charge in [0.1, 0.15) is 5.82 Å². The number of hydrogen-bond donors (Lipinski definition) is 3. The molecule has 1 amide bonds. The van der Waals surface area contributed by atoms with Crippen molar-refractivity contribution >= 4 is 17.3 Å². The van der Waals surface area contributed by atoms with Crippen molar-refractivity contribution in [3.05, 3.63) is 24.0 Å². The fourth-order valence-corrected chi connectivity index (χ4v) is 2.77. The number of nitrogens with zero attached hydrogens (tertiary/aromatic N) is 1. The summed E-state index contributed by atoms with van der Waals surface area (Å²) < 4.78 is 13.2. The molecule has 0 spiro atoms. The molecule has 5 nitrogen and oxygen atoms in total. The Kier molecular flexibility index (Phi) is 5.52. The number of aliphatic hydroxyl groups excluding tert-OH is 1. The minimum atomic E-state index is -0.429. The van der Waals surface area contributed by atoms with Crippen LogP contribution in [0.15, 0.2) is 18.2 Å². The molecule has 1 heterocycles. The number of carbonyl (C=O) groups excluding carboxylic acids is 1. The average molecular weight is 295 g/mol. The molecule has 2 rings (SSSR count). The Morgan fingerprint density at radius 1 is 1.52 bits per heavy atom. The molecule has 0 saturated carbocycles. The number of benzene rings is 1. The molecule has 1 atom stereocenters. The molecule has 1 unspecified atom stereocenters. The molecule has 1 aliphatic heterocycles. The van der Waals surface area contributed by atoms with E-state index in [9.17, 15) is 9.18 Å². The second-order valence-electron chi connectivity index (χ2n) is 5.41. The fraction of sp³-hybridized carbons (Fsp3) is 0.533. The molecule has 1 aromatic carbocycles. The molecule has 0 aromatic heterocycles. The predicted molar refractivity (Wildman–Crippen MR) is 80.4 cm³/mol. The van der Waals surface area contributed by atoms with Gasteiger partial charge in [-0.05, 0) is 50.4 Å². The summed E-state index contributed by atoms with van der Waals surface area (Å²) in [6, 6.07) is 4.26. The lowest BCUT2D eigenvalue weighted by Crippen LogP contribution is -2.37. The highest BCUT2D eigenvalue weighted by atomic mass is 19.1. The van der Waals surface area contributed by atoms with E-state index in [4.69, 9.17) is 10.8 Å². The summed E-state index contributed by atoms with van der Waals surface area (Å²) in [6.07, 6.45) is 3.76. The smallest absolute Gasteiger partial charge is 0.238 e. The van der Waals surface area contributed by atoms with Crippen molar-refractivity contribution in [3.63, 3.8) is 0 Å². The predicted octanol–water partition coefficient (Wildman–Crippen LogP) is 1.58. The third-order valence-electron chi connectivity index (χ3n) is 3.83. The number of anilines is 2. The second kappa shape index (κ2) is 7.38. The van der Waals surface area contributed by atoms with Gasteiger partial charge in [-0.3, -0.25) is 9.69 Å². The van der Waals surface area contributed by atoms with Gasteiger partial charge in [-0.15, -0.1) is 0 Å². The van der Waals surface area contributed by atoms with Crippen molar-refractivity contribution in [1.29, 1.82) is 0 Å². The number of aliphatic hydroxyl groups is 1. The summed E-state index contributed by atoms with van der Waals surface area (Å²) in [7, 11) is 0. The van der Waals surface area contributed by atoms with E-state index in [0.29, 0.717) is 17.4 Å². The average Bonchev–Trinajstić information content (AvgIpc) is 2.87. The summed E-state index contributed by atoms with van der Waals surface area (Å²) in [5.74, 6) is -0.621. The van der Waals surface area contributed by atoms with Crippen LogP contribution in [0.1, 0.15) is 25.7 Å². The van der Waals surface area contributed by atoms with Gasteiger partial charge >= 0.3 is 0 Å². The molecule has 21 heavy (non-hydrogen) atoms. The molecule has 1 saturated heterocycles. The molecule has 0 radical (unpaired) electrons. The van der Waals surface area contributed by atoms with Crippen LogP contribution in [0.25, 0.3) is 0 Å². The standard InChI is InChI=1S/C15H22FN3O2/c16-11-5-6-13(17)14(9-11)18-15(21)10-19-7-1-3-12(19)4-2-8-20/h5-6,9,12,20H,1-4,7-8,10,17H2,(H,18,21). The zero-order valence-corrected chi connectivity index (χ0v) is 12.0. The Labute approximate surface area is 123 Å². The zero-order chi connectivity index (χ0) is 15.2. The van der Waals surface area contributed by atoms with Gasteiger partial charge in [0.05, 0.1) is 17.9 Å². The zero-order valence-electron chi connectivity index (χ0n) is 12.0. The van der Waals surface area contributed by atoms with Crippen molar-refractivity contribution < 1.29 is 14.3 Å². The first-order valence-corrected chi connectivity index (χ1v) is 7.30. The fourth-order valence-electron chi connectivity index (χ4n) is 2.77. The maximum Gasteiger partial charge on any atom is 0.238 e. The van der Waals surface area contributed by atoms with Crippen LogP contribution in [0.4, 0.5) is 15.8 Å². The lowest BCUT2D eigenvalue weighted by Gasteiger charge is -2.23. The highest BCUT2D eigenvalue weighted by Crippen LogP contribution is 2.22. The summed E-state index contributed by atoms with van der Waals surface area (Å²) in [6.45, 7) is 1.32. The summed E-state index contributed by atoms with van der Waals surface area (Å²) in [4.78, 5) is 14.2. The van der Waals surface area contributed by atoms with Crippen molar-refractivity contribution in [1.82, 2.24) is 4.90 Å². The third-order valence-corrected chi connectivity index (χ3v) is 3.83. The highest BCUT2D eigenvalue weighted by molar-refractivity contribution is 5.95. The summed E-state index contributed by atoms with van der Waals surface area (Å²) in [5.41, 5.74) is 6.38. The quantitative estimate of drug-likeness (QED) is 0.696. The lowest BCUT2D eigenvalue weighted by molar-refractivity contribution is -0.117. The molecular formula is C15H22FN3O2. The van der Waals surface area contributed by atoms with Gasteiger partial charge in [0.25, 0.3) is 0 Å². The van der Waals surface area contributed by atoms with Crippen LogP contribution < -0.4 is 11.1 Å². The number of rotatable bonds is 6. The monoisotopic (exact) mass is 295 g/mol. The van der Waals surface area contributed by atoms with E-state index in [1.165, 1.54) is 18.2 Å². The number of likely N-dealkylation sites (tertiary alicyclic amines) is 1. The second-order valence-corrected chi connectivity index (χ2v) is 5.41. The van der Waals surface area contributed by atoms with Gasteiger partial charge in [-0.25, -0.2) is 4.39 Å². The summed E-state index contributed by atoms with van der Waals surface area (Å²) in [5, 5.41) is 11.6. The highest BCUT2D eigenvalue weighted by Gasteiger charge is 2.25. The number of halogens is 1. The Hall–Kier alpha value is -1.66. The Morgan fingerprint density at radius 3 is 3.10 bits per heavy atom. The van der Waals surface area contributed by atoms with Crippen molar-refractivity contribution in [2.24, 2.45) is 0 Å². The van der Waals surface area contributed by atoms with Crippen molar-refractivity contribution in [3.8, 4) is 0 Å². The Bertz CT molecular complexity index is 496. The molecule has 1 aromatic rings. The summed E-state index contributed by atoms with van der Waals surface area (Å²) >= 11 is 0. The molecule has 1 aliphatic rings. The van der Waals surface area contributed by atoms with Crippen LogP contribution >= 0.6 is 0 Å². The van der Waals surface area contributed by atoms with Gasteiger partial charge in [0, 0.05) is 12.6 Å². The van der Waals surface area contributed by atoms with E-state index in [0.717, 1.165) is 32.2 Å². The number of carbonyl (C=O) groups is 1. The van der Waals surface area contributed by atoms with Crippen LogP contribution in [0.2, 0.25) is 0 Å². The molecule has 116 valence electrons. The van der Waals surface area contributed by atoms with Gasteiger partial charge in [0.2, 0.25) is 5.91 Å². The number of nitrogen functional groups attached to an aromatic ring is 1. The Morgan fingerprint density at radius 2 is 2.33 bits per heavy atom. The van der Waals surface area contributed by atoms with Crippen molar-refractivity contribution in [2.75, 3.05) is 30.7 Å². The maximum atomic E-state index is 13.2. The van der Waals surface area contributed by atoms with E-state index in [1.807, 2.05) is 0 Å². The van der Waals surface area contributed by atoms with Crippen LogP contribution in [-0.4, -0.2) is 41.7 Å². The molecule has 0 bridgehead atoms. The van der Waals surface area contributed by atoms with Crippen LogP contribution in [-0.2, 0) is 4.79 Å². The molecule has 6 heteroatoms. The van der Waals surface area contributed by atoms with E-state index >= 15 is 0 Å². The third kappa shape index (κ3) is 4.41. The van der Waals surface area contributed by atoms with E-state index in [2.05, 4.69) is 10.2 Å². The van der Waals surface area contributed by atoms with E-state index in [-0.39, 0.29) is 19.1 Å². The van der Waals surface area contributed by atoms with Crippen LogP contribution in [0.5, 0.6) is 0 Å². The maximum absolute atomic E-state index is 13.2. The van der Waals surface area contributed by atoms with Gasteiger partial charge in [0.15, 0.2) is 0 Å². The number of amides is 1. The first-order valence-electron chi connectivity index (χ1n) is 7.30. The van der Waals surface area contributed by atoms with E-state index < -0.39 is 5.82 Å². The van der Waals surface area contributed by atoms with Crippen molar-refractivity contribution in [2.45, 2.75) is 31.7 Å². The minimum Gasteiger partial charge on any atom is -0.397 e. The SMILES string of the molecule is Nc1ccc(F)cc1NC(=O)CN1CCCC1CCCO. The van der Waals surface area contributed by atoms with Gasteiger partial charge < -0.3 is 16.2 Å². The topological polar surface area (TPSA) is 78.6 Å². The number of hydrogen-bond acceptors (Lipinski definition) is 4. The van der Waals surface area contributed by atoms with E-state index in [1.54, 1.807) is 0 Å². The Balaban J connectivity index is 1.90. The normalized spacial score (nSPS) is 18.9. The van der Waals surface area contributed by atoms with Gasteiger partial charge in [-0.2, -0.15) is 0 Å². The molecule has 4 N–H and O–H groups in total. The largest absolute Gasteiger partial charge is 0.397 e. The first kappa shape index (κ1) is 15.7. The molecular weight excluding hydrogens is 273 g/mol. The first-order chi connectivity index (χ1) is 10.1. The number of nitrogens with one attached hydrogen (secondary N) is 1. The minimum absolute atomic E-state index is 0.177.